The maximum atomic E-state index is 11.7. The maximum Gasteiger partial charge on any atom is 0.325 e. The molecule has 0 aliphatic carbocycles. The molecule has 0 N–H and O–H groups in total. The number of esters is 1. The summed E-state index contributed by atoms with van der Waals surface area (Å²) in [6.45, 7) is 6.16. The fraction of sp³-hybridized carbons (Fsp3) is 0.692. The van der Waals surface area contributed by atoms with Gasteiger partial charge < -0.3 is 9.64 Å². The Balaban J connectivity index is 3.93. The van der Waals surface area contributed by atoms with E-state index in [1.54, 1.807) is 14.0 Å². The Morgan fingerprint density at radius 1 is 1.41 bits per heavy atom. The molecule has 4 heteroatoms. The standard InChI is InChI=1S/C13H23NO3/c1-5-7-11(3)8-9-12(15)14(4)10-13(16)17-6-2/h5,7,11H,6,8-10H2,1-4H3. The molecule has 0 fully saturated rings. The van der Waals surface area contributed by atoms with Crippen molar-refractivity contribution in [1.82, 2.24) is 4.90 Å². The van der Waals surface area contributed by atoms with Crippen molar-refractivity contribution in [3.63, 3.8) is 0 Å². The van der Waals surface area contributed by atoms with Crippen LogP contribution in [0.5, 0.6) is 0 Å². The molecular formula is C13H23NO3. The Morgan fingerprint density at radius 3 is 2.59 bits per heavy atom. The van der Waals surface area contributed by atoms with Crippen molar-refractivity contribution >= 4 is 11.9 Å². The van der Waals surface area contributed by atoms with Crippen LogP contribution in [0.1, 0.15) is 33.6 Å². The molecule has 0 spiro atoms. The van der Waals surface area contributed by atoms with Gasteiger partial charge in [0.05, 0.1) is 6.61 Å². The summed E-state index contributed by atoms with van der Waals surface area (Å²) >= 11 is 0. The second-order valence-corrected chi connectivity index (χ2v) is 4.10. The van der Waals surface area contributed by atoms with Gasteiger partial charge in [-0.05, 0) is 26.2 Å². The van der Waals surface area contributed by atoms with Crippen LogP contribution in [-0.2, 0) is 14.3 Å². The number of amides is 1. The third-order valence-corrected chi connectivity index (χ3v) is 2.43. The van der Waals surface area contributed by atoms with Crippen LogP contribution in [0, 0.1) is 5.92 Å². The zero-order valence-corrected chi connectivity index (χ0v) is 11.2. The van der Waals surface area contributed by atoms with Crippen LogP contribution in [-0.4, -0.2) is 37.0 Å². The SMILES string of the molecule is CC=CC(C)CCC(=O)N(C)CC(=O)OCC. The molecule has 17 heavy (non-hydrogen) atoms. The number of hydrogen-bond donors (Lipinski definition) is 0. The van der Waals surface area contributed by atoms with E-state index in [2.05, 4.69) is 13.0 Å². The highest BCUT2D eigenvalue weighted by Crippen LogP contribution is 2.08. The van der Waals surface area contributed by atoms with Gasteiger partial charge in [0.1, 0.15) is 6.54 Å². The molecule has 0 aromatic carbocycles. The van der Waals surface area contributed by atoms with Crippen molar-refractivity contribution in [3.05, 3.63) is 12.2 Å². The molecule has 0 aliphatic heterocycles. The average Bonchev–Trinajstić information content (AvgIpc) is 2.26. The minimum absolute atomic E-state index is 0.0191. The minimum atomic E-state index is -0.357. The molecule has 0 saturated carbocycles. The van der Waals surface area contributed by atoms with Crippen molar-refractivity contribution in [1.29, 1.82) is 0 Å². The minimum Gasteiger partial charge on any atom is -0.465 e. The van der Waals surface area contributed by atoms with Gasteiger partial charge in [-0.2, -0.15) is 0 Å². The van der Waals surface area contributed by atoms with E-state index in [4.69, 9.17) is 4.74 Å². The normalized spacial score (nSPS) is 12.5. The van der Waals surface area contributed by atoms with Crippen molar-refractivity contribution < 1.29 is 14.3 Å². The van der Waals surface area contributed by atoms with E-state index in [-0.39, 0.29) is 18.4 Å². The molecule has 4 nitrogen and oxygen atoms in total. The molecule has 0 aromatic heterocycles. The first-order valence-electron chi connectivity index (χ1n) is 6.03. The second-order valence-electron chi connectivity index (χ2n) is 4.10. The van der Waals surface area contributed by atoms with Gasteiger partial charge in [-0.1, -0.05) is 19.1 Å². The van der Waals surface area contributed by atoms with E-state index >= 15 is 0 Å². The number of carbonyl (C=O) groups is 2. The first-order valence-corrected chi connectivity index (χ1v) is 6.03. The number of allylic oxidation sites excluding steroid dienone is 2. The zero-order valence-electron chi connectivity index (χ0n) is 11.2. The highest BCUT2D eigenvalue weighted by molar-refractivity contribution is 5.81. The van der Waals surface area contributed by atoms with E-state index in [1.807, 2.05) is 13.0 Å². The molecule has 0 saturated heterocycles. The molecule has 0 rings (SSSR count). The van der Waals surface area contributed by atoms with Gasteiger partial charge in [0.2, 0.25) is 5.91 Å². The van der Waals surface area contributed by atoms with E-state index in [0.717, 1.165) is 6.42 Å². The molecule has 0 radical (unpaired) electrons. The number of carbonyl (C=O) groups excluding carboxylic acids is 2. The summed E-state index contributed by atoms with van der Waals surface area (Å²) in [5.41, 5.74) is 0. The first kappa shape index (κ1) is 15.7. The lowest BCUT2D eigenvalue weighted by atomic mass is 10.0. The van der Waals surface area contributed by atoms with Gasteiger partial charge in [0.15, 0.2) is 0 Å². The molecule has 1 amide bonds. The molecule has 0 aliphatic rings. The molecule has 1 atom stereocenters. The van der Waals surface area contributed by atoms with Gasteiger partial charge in [-0.25, -0.2) is 0 Å². The first-order chi connectivity index (χ1) is 8.01. The van der Waals surface area contributed by atoms with Crippen LogP contribution in [0.3, 0.4) is 0 Å². The van der Waals surface area contributed by atoms with Gasteiger partial charge in [0, 0.05) is 13.5 Å². The van der Waals surface area contributed by atoms with Gasteiger partial charge in [-0.15, -0.1) is 0 Å². The van der Waals surface area contributed by atoms with Crippen molar-refractivity contribution in [2.24, 2.45) is 5.92 Å². The number of ether oxygens (including phenoxy) is 1. The highest BCUT2D eigenvalue weighted by Gasteiger charge is 2.13. The zero-order chi connectivity index (χ0) is 13.3. The summed E-state index contributed by atoms with van der Waals surface area (Å²) in [4.78, 5) is 24.3. The Kier molecular flexibility index (Phi) is 8.11. The van der Waals surface area contributed by atoms with Crippen LogP contribution in [0.4, 0.5) is 0 Å². The summed E-state index contributed by atoms with van der Waals surface area (Å²) in [6.07, 6.45) is 5.31. The summed E-state index contributed by atoms with van der Waals surface area (Å²) in [5, 5.41) is 0. The Bertz CT molecular complexity index is 274. The second kappa shape index (κ2) is 8.79. The van der Waals surface area contributed by atoms with Gasteiger partial charge >= 0.3 is 5.97 Å². The third-order valence-electron chi connectivity index (χ3n) is 2.43. The van der Waals surface area contributed by atoms with Gasteiger partial charge in [0.25, 0.3) is 0 Å². The lowest BCUT2D eigenvalue weighted by Crippen LogP contribution is -2.33. The molecule has 98 valence electrons. The van der Waals surface area contributed by atoms with Crippen LogP contribution in [0.25, 0.3) is 0 Å². The smallest absolute Gasteiger partial charge is 0.325 e. The van der Waals surface area contributed by atoms with Crippen molar-refractivity contribution in [2.75, 3.05) is 20.2 Å². The molecule has 0 aromatic rings. The average molecular weight is 241 g/mol. The van der Waals surface area contributed by atoms with Crippen LogP contribution < -0.4 is 0 Å². The third kappa shape index (κ3) is 7.55. The topological polar surface area (TPSA) is 46.6 Å². The fourth-order valence-corrected chi connectivity index (χ4v) is 1.46. The van der Waals surface area contributed by atoms with E-state index in [0.29, 0.717) is 18.9 Å². The Labute approximate surface area is 104 Å². The summed E-state index contributed by atoms with van der Waals surface area (Å²) in [6, 6.07) is 0. The Morgan fingerprint density at radius 2 is 2.06 bits per heavy atom. The quantitative estimate of drug-likeness (QED) is 0.506. The summed E-state index contributed by atoms with van der Waals surface area (Å²) < 4.78 is 4.78. The van der Waals surface area contributed by atoms with Crippen molar-refractivity contribution in [2.45, 2.75) is 33.6 Å². The maximum absolute atomic E-state index is 11.7. The monoisotopic (exact) mass is 241 g/mol. The van der Waals surface area contributed by atoms with E-state index < -0.39 is 0 Å². The summed E-state index contributed by atoms with van der Waals surface area (Å²) in [7, 11) is 1.62. The largest absolute Gasteiger partial charge is 0.465 e. The van der Waals surface area contributed by atoms with E-state index in [1.165, 1.54) is 4.90 Å². The molecular weight excluding hydrogens is 218 g/mol. The fourth-order valence-electron chi connectivity index (χ4n) is 1.46. The number of nitrogens with zero attached hydrogens (tertiary/aromatic N) is 1. The highest BCUT2D eigenvalue weighted by atomic mass is 16.5. The molecule has 0 bridgehead atoms. The lowest BCUT2D eigenvalue weighted by molar-refractivity contribution is -0.148. The number of hydrogen-bond acceptors (Lipinski definition) is 3. The van der Waals surface area contributed by atoms with Gasteiger partial charge in [-0.3, -0.25) is 9.59 Å². The molecule has 1 unspecified atom stereocenters. The molecule has 0 heterocycles. The van der Waals surface area contributed by atoms with Crippen LogP contribution in [0.2, 0.25) is 0 Å². The lowest BCUT2D eigenvalue weighted by Gasteiger charge is -2.16. The van der Waals surface area contributed by atoms with Crippen LogP contribution >= 0.6 is 0 Å². The predicted octanol–water partition coefficient (Wildman–Crippen LogP) is 2.00. The number of rotatable bonds is 7. The number of likely N-dealkylation sites (N-methyl/N-ethyl adjacent to an activating group) is 1. The Hall–Kier alpha value is -1.32. The van der Waals surface area contributed by atoms with Crippen molar-refractivity contribution in [3.8, 4) is 0 Å². The predicted molar refractivity (Wildman–Crippen MR) is 67.5 cm³/mol. The summed E-state index contributed by atoms with van der Waals surface area (Å²) in [5.74, 6) is 0.0131. The van der Waals surface area contributed by atoms with E-state index in [9.17, 15) is 9.59 Å². The van der Waals surface area contributed by atoms with Crippen LogP contribution in [0.15, 0.2) is 12.2 Å².